The first-order chi connectivity index (χ1) is 11.7. The first-order valence-corrected chi connectivity index (χ1v) is 9.13. The van der Waals surface area contributed by atoms with E-state index < -0.39 is 0 Å². The van der Waals surface area contributed by atoms with Crippen molar-refractivity contribution >= 4 is 23.1 Å². The van der Waals surface area contributed by atoms with Crippen molar-refractivity contribution in [1.29, 1.82) is 0 Å². The molecule has 1 aliphatic rings. The molecule has 0 aliphatic carbocycles. The monoisotopic (exact) mass is 345 g/mol. The number of piperidine rings is 1. The number of aromatic nitrogens is 2. The van der Waals surface area contributed by atoms with Crippen LogP contribution < -0.4 is 10.2 Å². The molecule has 1 saturated heterocycles. The van der Waals surface area contributed by atoms with Gasteiger partial charge in [-0.25, -0.2) is 0 Å². The molecule has 0 aromatic carbocycles. The quantitative estimate of drug-likeness (QED) is 0.864. The average Bonchev–Trinajstić information content (AvgIpc) is 3.13. The largest absolute Gasteiger partial charge is 0.354 e. The number of hydrogen-bond acceptors (Lipinski definition) is 6. The molecule has 0 unspecified atom stereocenters. The Morgan fingerprint density at radius 2 is 2.38 bits per heavy atom. The summed E-state index contributed by atoms with van der Waals surface area (Å²) in [7, 11) is 1.86. The zero-order chi connectivity index (χ0) is 16.8. The second-order valence-corrected chi connectivity index (χ2v) is 7.11. The molecule has 6 nitrogen and oxygen atoms in total. The van der Waals surface area contributed by atoms with Gasteiger partial charge in [0.1, 0.15) is 0 Å². The fourth-order valence-corrected chi connectivity index (χ4v) is 3.66. The maximum atomic E-state index is 12.3. The topological polar surface area (TPSA) is 61.4 Å². The Hall–Kier alpha value is -1.99. The molecule has 1 atom stereocenters. The van der Waals surface area contributed by atoms with Crippen molar-refractivity contribution in [2.45, 2.75) is 25.4 Å². The summed E-state index contributed by atoms with van der Waals surface area (Å²) in [5, 5.41) is 13.6. The minimum absolute atomic E-state index is 0.125. The summed E-state index contributed by atoms with van der Waals surface area (Å²) < 4.78 is 0. The lowest BCUT2D eigenvalue weighted by Gasteiger charge is -2.33. The number of rotatable bonds is 6. The van der Waals surface area contributed by atoms with Crippen LogP contribution in [0.4, 0.5) is 5.82 Å². The summed E-state index contributed by atoms with van der Waals surface area (Å²) in [5.41, 5.74) is 0. The lowest BCUT2D eigenvalue weighted by Crippen LogP contribution is -2.48. The van der Waals surface area contributed by atoms with Gasteiger partial charge < -0.3 is 15.1 Å². The van der Waals surface area contributed by atoms with Crippen LogP contribution >= 0.6 is 11.3 Å². The Bertz CT molecular complexity index is 634. The average molecular weight is 345 g/mol. The van der Waals surface area contributed by atoms with Gasteiger partial charge in [0.2, 0.25) is 5.91 Å². The van der Waals surface area contributed by atoms with E-state index in [1.165, 1.54) is 4.88 Å². The summed E-state index contributed by atoms with van der Waals surface area (Å²) >= 11 is 1.68. The molecule has 1 amide bonds. The van der Waals surface area contributed by atoms with E-state index in [1.807, 2.05) is 30.6 Å². The van der Waals surface area contributed by atoms with Gasteiger partial charge in [-0.2, -0.15) is 5.10 Å². The number of likely N-dealkylation sites (N-methyl/N-ethyl adjacent to an activating group) is 1. The molecule has 7 heteroatoms. The van der Waals surface area contributed by atoms with Crippen molar-refractivity contribution in [3.8, 4) is 0 Å². The van der Waals surface area contributed by atoms with E-state index in [0.29, 0.717) is 19.1 Å². The highest BCUT2D eigenvalue weighted by atomic mass is 32.1. The molecule has 2 aromatic rings. The van der Waals surface area contributed by atoms with Gasteiger partial charge in [-0.1, -0.05) is 6.07 Å². The standard InChI is InChI=1S/C17H23N5OS/c1-21(13-15-6-4-10-24-15)17(23)11-18-14-5-3-9-22(12-14)16-7-2-8-19-20-16/h2,4,6-8,10,14,18H,3,5,9,11-13H2,1H3/t14-/m0/s1. The van der Waals surface area contributed by atoms with Gasteiger partial charge >= 0.3 is 0 Å². The van der Waals surface area contributed by atoms with E-state index >= 15 is 0 Å². The lowest BCUT2D eigenvalue weighted by molar-refractivity contribution is -0.129. The Morgan fingerprint density at radius 1 is 1.46 bits per heavy atom. The van der Waals surface area contributed by atoms with E-state index in [0.717, 1.165) is 31.7 Å². The van der Waals surface area contributed by atoms with Crippen LogP contribution in [0.25, 0.3) is 0 Å². The fourth-order valence-electron chi connectivity index (χ4n) is 2.90. The Morgan fingerprint density at radius 3 is 3.12 bits per heavy atom. The summed E-state index contributed by atoms with van der Waals surface area (Å²) in [5.74, 6) is 1.03. The van der Waals surface area contributed by atoms with Crippen molar-refractivity contribution < 1.29 is 4.79 Å². The summed E-state index contributed by atoms with van der Waals surface area (Å²) in [6.07, 6.45) is 3.86. The van der Waals surface area contributed by atoms with Gasteiger partial charge in [-0.05, 0) is 36.4 Å². The number of amides is 1. The number of anilines is 1. The zero-order valence-corrected chi connectivity index (χ0v) is 14.7. The number of nitrogens with zero attached hydrogens (tertiary/aromatic N) is 4. The number of carbonyl (C=O) groups excluding carboxylic acids is 1. The van der Waals surface area contributed by atoms with Gasteiger partial charge in [0, 0.05) is 37.3 Å². The van der Waals surface area contributed by atoms with E-state index in [9.17, 15) is 4.79 Å². The van der Waals surface area contributed by atoms with Crippen molar-refractivity contribution in [1.82, 2.24) is 20.4 Å². The number of thiophene rings is 1. The zero-order valence-electron chi connectivity index (χ0n) is 13.9. The molecule has 0 radical (unpaired) electrons. The smallest absolute Gasteiger partial charge is 0.236 e. The van der Waals surface area contributed by atoms with Crippen molar-refractivity contribution in [2.24, 2.45) is 0 Å². The predicted octanol–water partition coefficient (Wildman–Crippen LogP) is 1.76. The first kappa shape index (κ1) is 16.9. The molecule has 1 aliphatic heterocycles. The first-order valence-electron chi connectivity index (χ1n) is 8.25. The molecule has 1 N–H and O–H groups in total. The predicted molar refractivity (Wildman–Crippen MR) is 96.1 cm³/mol. The SMILES string of the molecule is CN(Cc1cccs1)C(=O)CN[C@H]1CCCN(c2cccnn2)C1. The maximum Gasteiger partial charge on any atom is 0.236 e. The fraction of sp³-hybridized carbons (Fsp3) is 0.471. The minimum Gasteiger partial charge on any atom is -0.354 e. The van der Waals surface area contributed by atoms with Crippen LogP contribution in [-0.2, 0) is 11.3 Å². The highest BCUT2D eigenvalue weighted by Crippen LogP contribution is 2.16. The number of nitrogens with one attached hydrogen (secondary N) is 1. The van der Waals surface area contributed by atoms with E-state index in [2.05, 4.69) is 26.5 Å². The van der Waals surface area contributed by atoms with Crippen LogP contribution in [0.3, 0.4) is 0 Å². The molecular weight excluding hydrogens is 322 g/mol. The van der Waals surface area contributed by atoms with Gasteiger partial charge in [0.15, 0.2) is 5.82 Å². The van der Waals surface area contributed by atoms with E-state index in [4.69, 9.17) is 0 Å². The van der Waals surface area contributed by atoms with E-state index in [-0.39, 0.29) is 5.91 Å². The van der Waals surface area contributed by atoms with Gasteiger partial charge in [0.25, 0.3) is 0 Å². The molecule has 128 valence electrons. The van der Waals surface area contributed by atoms with Crippen LogP contribution in [0.2, 0.25) is 0 Å². The van der Waals surface area contributed by atoms with Crippen molar-refractivity contribution in [2.75, 3.05) is 31.6 Å². The van der Waals surface area contributed by atoms with Crippen LogP contribution in [0.5, 0.6) is 0 Å². The van der Waals surface area contributed by atoms with Gasteiger partial charge in [0.05, 0.1) is 13.1 Å². The number of carbonyl (C=O) groups is 1. The third-order valence-corrected chi connectivity index (χ3v) is 5.11. The molecule has 1 fully saturated rings. The van der Waals surface area contributed by atoms with Crippen LogP contribution in [0, 0.1) is 0 Å². The maximum absolute atomic E-state index is 12.3. The molecule has 24 heavy (non-hydrogen) atoms. The normalized spacial score (nSPS) is 17.7. The van der Waals surface area contributed by atoms with E-state index in [1.54, 1.807) is 22.4 Å². The third kappa shape index (κ3) is 4.52. The van der Waals surface area contributed by atoms with Crippen LogP contribution in [0.1, 0.15) is 17.7 Å². The van der Waals surface area contributed by atoms with Gasteiger partial charge in [-0.15, -0.1) is 16.4 Å². The molecule has 3 rings (SSSR count). The number of hydrogen-bond donors (Lipinski definition) is 1. The van der Waals surface area contributed by atoms with Crippen LogP contribution in [-0.4, -0.2) is 53.7 Å². The molecule has 2 aromatic heterocycles. The van der Waals surface area contributed by atoms with Gasteiger partial charge in [-0.3, -0.25) is 4.79 Å². The molecule has 0 spiro atoms. The van der Waals surface area contributed by atoms with Crippen molar-refractivity contribution in [3.63, 3.8) is 0 Å². The highest BCUT2D eigenvalue weighted by molar-refractivity contribution is 7.09. The Labute approximate surface area is 146 Å². The van der Waals surface area contributed by atoms with Crippen molar-refractivity contribution in [3.05, 3.63) is 40.7 Å². The molecule has 0 bridgehead atoms. The lowest BCUT2D eigenvalue weighted by atomic mass is 10.1. The second-order valence-electron chi connectivity index (χ2n) is 6.08. The molecule has 0 saturated carbocycles. The summed E-state index contributed by atoms with van der Waals surface area (Å²) in [6, 6.07) is 8.26. The summed E-state index contributed by atoms with van der Waals surface area (Å²) in [4.78, 5) is 17.5. The molecule has 3 heterocycles. The highest BCUT2D eigenvalue weighted by Gasteiger charge is 2.21. The third-order valence-electron chi connectivity index (χ3n) is 4.24. The Kier molecular flexibility index (Phi) is 5.77. The molecular formula is C17H23N5OS. The Balaban J connectivity index is 1.46. The minimum atomic E-state index is 0.125. The van der Waals surface area contributed by atoms with Crippen LogP contribution in [0.15, 0.2) is 35.8 Å². The second kappa shape index (κ2) is 8.21. The summed E-state index contributed by atoms with van der Waals surface area (Å²) in [6.45, 7) is 2.90.